The summed E-state index contributed by atoms with van der Waals surface area (Å²) in [5.41, 5.74) is 0.976. The number of hydrogen-bond donors (Lipinski definition) is 2. The molecule has 0 saturated heterocycles. The topological polar surface area (TPSA) is 87.7 Å². The van der Waals surface area contributed by atoms with Gasteiger partial charge in [-0.3, -0.25) is 9.59 Å². The van der Waals surface area contributed by atoms with Crippen molar-refractivity contribution in [3.8, 4) is 0 Å². The van der Waals surface area contributed by atoms with Crippen molar-refractivity contribution in [2.75, 3.05) is 18.5 Å². The smallest absolute Gasteiger partial charge is 0.408 e. The molecule has 0 fully saturated rings. The first-order chi connectivity index (χ1) is 14.2. The maximum Gasteiger partial charge on any atom is 0.408 e. The fourth-order valence-corrected chi connectivity index (χ4v) is 2.77. The molecule has 0 aliphatic rings. The Balaban J connectivity index is 2.06. The van der Waals surface area contributed by atoms with Crippen LogP contribution < -0.4 is 15.5 Å². The monoisotopic (exact) mass is 411 g/mol. The first kappa shape index (κ1) is 22.9. The number of nitrogens with one attached hydrogen (secondary N) is 2. The minimum Gasteiger partial charge on any atom is -0.444 e. The Kier molecular flexibility index (Phi) is 7.98. The molecule has 0 radical (unpaired) electrons. The third kappa shape index (κ3) is 7.58. The van der Waals surface area contributed by atoms with E-state index in [1.165, 1.54) is 4.90 Å². The Hall–Kier alpha value is -3.35. The molecule has 0 bridgehead atoms. The molecular formula is C23H29N3O4. The number of ether oxygens (including phenoxy) is 1. The predicted molar refractivity (Wildman–Crippen MR) is 116 cm³/mol. The van der Waals surface area contributed by atoms with Gasteiger partial charge in [-0.2, -0.15) is 0 Å². The molecule has 2 N–H and O–H groups in total. The van der Waals surface area contributed by atoms with Crippen LogP contribution in [-0.4, -0.2) is 43.1 Å². The number of alkyl carbamates (subject to hydrolysis) is 1. The summed E-state index contributed by atoms with van der Waals surface area (Å²) in [6.45, 7) is 4.92. The molecule has 3 amide bonds. The van der Waals surface area contributed by atoms with Crippen molar-refractivity contribution in [2.45, 2.75) is 38.8 Å². The van der Waals surface area contributed by atoms with Gasteiger partial charge in [0.15, 0.2) is 0 Å². The standard InChI is InChI=1S/C23H29N3O4/c1-23(2,3)30-22(29)24-16-20(27)25-19(15-17-11-7-5-8-12-17)21(28)26(4)18-13-9-6-10-14-18/h5-14,19H,15-16H2,1-4H3,(H,24,29)(H,25,27)/t19-/m0/s1. The van der Waals surface area contributed by atoms with E-state index in [4.69, 9.17) is 4.74 Å². The van der Waals surface area contributed by atoms with Crippen molar-refractivity contribution in [2.24, 2.45) is 0 Å². The van der Waals surface area contributed by atoms with Crippen molar-refractivity contribution >= 4 is 23.6 Å². The number of nitrogens with zero attached hydrogens (tertiary/aromatic N) is 1. The third-order valence-electron chi connectivity index (χ3n) is 4.18. The molecule has 30 heavy (non-hydrogen) atoms. The molecule has 7 nitrogen and oxygen atoms in total. The lowest BCUT2D eigenvalue weighted by Gasteiger charge is -2.25. The summed E-state index contributed by atoms with van der Waals surface area (Å²) in [5, 5.41) is 5.14. The van der Waals surface area contributed by atoms with E-state index in [1.54, 1.807) is 27.8 Å². The second-order valence-corrected chi connectivity index (χ2v) is 7.90. The molecule has 0 saturated carbocycles. The fourth-order valence-electron chi connectivity index (χ4n) is 2.77. The van der Waals surface area contributed by atoms with Crippen LogP contribution in [0.1, 0.15) is 26.3 Å². The molecule has 0 heterocycles. The molecule has 0 aromatic heterocycles. The first-order valence-corrected chi connectivity index (χ1v) is 9.78. The molecule has 2 rings (SSSR count). The van der Waals surface area contributed by atoms with Gasteiger partial charge in [0.05, 0.1) is 0 Å². The van der Waals surface area contributed by atoms with Crippen LogP contribution >= 0.6 is 0 Å². The van der Waals surface area contributed by atoms with Crippen LogP contribution in [0, 0.1) is 0 Å². The molecule has 0 aliphatic carbocycles. The number of likely N-dealkylation sites (N-methyl/N-ethyl adjacent to an activating group) is 1. The van der Waals surface area contributed by atoms with Crippen LogP contribution in [0.2, 0.25) is 0 Å². The number of hydrogen-bond acceptors (Lipinski definition) is 4. The maximum atomic E-state index is 13.1. The van der Waals surface area contributed by atoms with Crippen LogP contribution in [0.4, 0.5) is 10.5 Å². The van der Waals surface area contributed by atoms with E-state index >= 15 is 0 Å². The van der Waals surface area contributed by atoms with Crippen molar-refractivity contribution in [1.82, 2.24) is 10.6 Å². The van der Waals surface area contributed by atoms with Gasteiger partial charge in [0.1, 0.15) is 18.2 Å². The van der Waals surface area contributed by atoms with E-state index < -0.39 is 23.6 Å². The van der Waals surface area contributed by atoms with Gasteiger partial charge in [-0.1, -0.05) is 48.5 Å². The average molecular weight is 412 g/mol. The Morgan fingerprint density at radius 1 is 0.967 bits per heavy atom. The Morgan fingerprint density at radius 3 is 2.10 bits per heavy atom. The molecule has 7 heteroatoms. The van der Waals surface area contributed by atoms with Crippen LogP contribution in [0.15, 0.2) is 60.7 Å². The molecule has 160 valence electrons. The van der Waals surface area contributed by atoms with Gasteiger partial charge < -0.3 is 20.3 Å². The van der Waals surface area contributed by atoms with Crippen LogP contribution in [0.3, 0.4) is 0 Å². The average Bonchev–Trinajstić information content (AvgIpc) is 2.71. The summed E-state index contributed by atoms with van der Waals surface area (Å²) in [7, 11) is 1.67. The third-order valence-corrected chi connectivity index (χ3v) is 4.18. The minimum absolute atomic E-state index is 0.254. The quantitative estimate of drug-likeness (QED) is 0.733. The Labute approximate surface area is 177 Å². The first-order valence-electron chi connectivity index (χ1n) is 9.78. The highest BCUT2D eigenvalue weighted by molar-refractivity contribution is 5.99. The zero-order valence-electron chi connectivity index (χ0n) is 17.8. The largest absolute Gasteiger partial charge is 0.444 e. The number of benzene rings is 2. The zero-order valence-corrected chi connectivity index (χ0v) is 17.8. The summed E-state index contributed by atoms with van der Waals surface area (Å²) >= 11 is 0. The molecule has 0 spiro atoms. The minimum atomic E-state index is -0.787. The lowest BCUT2D eigenvalue weighted by atomic mass is 10.0. The highest BCUT2D eigenvalue weighted by Crippen LogP contribution is 2.14. The highest BCUT2D eigenvalue weighted by atomic mass is 16.6. The Morgan fingerprint density at radius 2 is 1.53 bits per heavy atom. The number of para-hydroxylation sites is 1. The zero-order chi connectivity index (χ0) is 22.1. The molecule has 0 aliphatic heterocycles. The molecule has 0 unspecified atom stereocenters. The number of rotatable bonds is 7. The van der Waals surface area contributed by atoms with Gasteiger partial charge in [-0.05, 0) is 38.5 Å². The summed E-state index contributed by atoms with van der Waals surface area (Å²) in [5.74, 6) is -0.729. The van der Waals surface area contributed by atoms with Crippen molar-refractivity contribution in [3.05, 3.63) is 66.2 Å². The molecular weight excluding hydrogens is 382 g/mol. The Bertz CT molecular complexity index is 848. The molecule has 1 atom stereocenters. The number of carbonyl (C=O) groups is 3. The van der Waals surface area contributed by atoms with E-state index in [2.05, 4.69) is 10.6 Å². The van der Waals surface area contributed by atoms with Gasteiger partial charge in [0.25, 0.3) is 0 Å². The summed E-state index contributed by atoms with van der Waals surface area (Å²) in [6, 6.07) is 17.9. The number of anilines is 1. The normalized spacial score (nSPS) is 11.9. The van der Waals surface area contributed by atoms with Gasteiger partial charge in [0, 0.05) is 19.2 Å². The number of carbonyl (C=O) groups excluding carboxylic acids is 3. The predicted octanol–water partition coefficient (Wildman–Crippen LogP) is 2.90. The summed E-state index contributed by atoms with van der Waals surface area (Å²) < 4.78 is 5.13. The summed E-state index contributed by atoms with van der Waals surface area (Å²) in [6.07, 6.45) is -0.361. The fraction of sp³-hybridized carbons (Fsp3) is 0.348. The highest BCUT2D eigenvalue weighted by Gasteiger charge is 2.25. The van der Waals surface area contributed by atoms with Crippen molar-refractivity contribution in [1.29, 1.82) is 0 Å². The lowest BCUT2D eigenvalue weighted by Crippen LogP contribution is -2.51. The van der Waals surface area contributed by atoms with Gasteiger partial charge in [-0.25, -0.2) is 4.79 Å². The second kappa shape index (κ2) is 10.4. The van der Waals surface area contributed by atoms with Crippen LogP contribution in [0.25, 0.3) is 0 Å². The van der Waals surface area contributed by atoms with Gasteiger partial charge in [0.2, 0.25) is 11.8 Å². The molecule has 2 aromatic rings. The lowest BCUT2D eigenvalue weighted by molar-refractivity contribution is -0.126. The van der Waals surface area contributed by atoms with E-state index in [-0.39, 0.29) is 12.5 Å². The van der Waals surface area contributed by atoms with Gasteiger partial charge in [-0.15, -0.1) is 0 Å². The molecule has 2 aromatic carbocycles. The van der Waals surface area contributed by atoms with E-state index in [9.17, 15) is 14.4 Å². The van der Waals surface area contributed by atoms with Gasteiger partial charge >= 0.3 is 6.09 Å². The van der Waals surface area contributed by atoms with Crippen LogP contribution in [-0.2, 0) is 20.7 Å². The maximum absolute atomic E-state index is 13.1. The SMILES string of the molecule is CN(C(=O)[C@H](Cc1ccccc1)NC(=O)CNC(=O)OC(C)(C)C)c1ccccc1. The second-order valence-electron chi connectivity index (χ2n) is 7.90. The van der Waals surface area contributed by atoms with E-state index in [1.807, 2.05) is 60.7 Å². The van der Waals surface area contributed by atoms with E-state index in [0.717, 1.165) is 11.3 Å². The van der Waals surface area contributed by atoms with Crippen molar-refractivity contribution in [3.63, 3.8) is 0 Å². The number of amides is 3. The van der Waals surface area contributed by atoms with E-state index in [0.29, 0.717) is 6.42 Å². The summed E-state index contributed by atoms with van der Waals surface area (Å²) in [4.78, 5) is 38.8. The van der Waals surface area contributed by atoms with Crippen molar-refractivity contribution < 1.29 is 19.1 Å². The van der Waals surface area contributed by atoms with Crippen LogP contribution in [0.5, 0.6) is 0 Å².